The summed E-state index contributed by atoms with van der Waals surface area (Å²) in [5.74, 6) is 1.02. The maximum atomic E-state index is 11.7. The Bertz CT molecular complexity index is 1270. The summed E-state index contributed by atoms with van der Waals surface area (Å²) >= 11 is 33.2. The van der Waals surface area contributed by atoms with Crippen molar-refractivity contribution in [2.75, 3.05) is 13.2 Å². The number of carbonyl (C=O) groups excluding carboxylic acids is 2. The number of hydrogen-bond acceptors (Lipinski definition) is 5. The van der Waals surface area contributed by atoms with Crippen molar-refractivity contribution in [2.45, 2.75) is 7.59 Å². The average molecular weight is 655 g/mol. The molecule has 206 valence electrons. The molecule has 2 amide bonds. The molecule has 0 saturated heterocycles. The molecule has 0 aliphatic rings. The van der Waals surface area contributed by atoms with Gasteiger partial charge in [-0.15, -0.1) is 0 Å². The normalized spacial score (nSPS) is 12.8. The molecule has 0 saturated carbocycles. The standard InChI is InChI=1S/C24H18Cl6N4O5/c25-23(26,27)11-37-21(35)33-19(31)15-5-1-13(2-6-15)17-9-10-18(39-17)14-3-7-16(8-4-14)20(32)34-22(36)38-12-24(28,29)30/h1-10H,11-12H2,(H2,31,33,35)(H2,32,34,36). The van der Waals surface area contributed by atoms with Crippen molar-refractivity contribution >= 4 is 93.5 Å². The van der Waals surface area contributed by atoms with E-state index in [1.807, 2.05) is 0 Å². The minimum Gasteiger partial charge on any atom is -0.456 e. The van der Waals surface area contributed by atoms with E-state index in [0.29, 0.717) is 22.6 Å². The number of halogens is 6. The second-order valence-corrected chi connectivity index (χ2v) is 12.7. The van der Waals surface area contributed by atoms with E-state index in [4.69, 9.17) is 95.0 Å². The summed E-state index contributed by atoms with van der Waals surface area (Å²) in [5, 5.41) is 0. The molecule has 1 heterocycles. The third-order valence-electron chi connectivity index (χ3n) is 4.68. The molecule has 3 aromatic rings. The fourth-order valence-corrected chi connectivity index (χ4v) is 3.26. The molecule has 0 spiro atoms. The molecule has 9 nitrogen and oxygen atoms in total. The Morgan fingerprint density at radius 3 is 1.28 bits per heavy atom. The zero-order valence-corrected chi connectivity index (χ0v) is 24.1. The zero-order chi connectivity index (χ0) is 28.8. The van der Waals surface area contributed by atoms with Crippen LogP contribution in [-0.2, 0) is 9.47 Å². The van der Waals surface area contributed by atoms with Crippen LogP contribution in [0.25, 0.3) is 22.6 Å². The molecule has 0 aliphatic heterocycles. The molecular formula is C24H18Cl6N4O5. The first-order valence-corrected chi connectivity index (χ1v) is 12.9. The zero-order valence-electron chi connectivity index (χ0n) is 19.5. The third kappa shape index (κ3) is 10.1. The molecule has 0 radical (unpaired) electrons. The number of amidine groups is 2. The van der Waals surface area contributed by atoms with Crippen LogP contribution >= 0.6 is 69.6 Å². The molecule has 15 heteroatoms. The van der Waals surface area contributed by atoms with E-state index in [1.165, 1.54) is 0 Å². The van der Waals surface area contributed by atoms with Crippen LogP contribution in [0.2, 0.25) is 0 Å². The van der Waals surface area contributed by atoms with Gasteiger partial charge in [0.05, 0.1) is 0 Å². The number of nitrogens with two attached hydrogens (primary N) is 2. The topological polar surface area (TPSA) is 142 Å². The van der Waals surface area contributed by atoms with Crippen LogP contribution in [0.3, 0.4) is 0 Å². The maximum absolute atomic E-state index is 11.7. The fourth-order valence-electron chi connectivity index (χ4n) is 2.94. The molecule has 0 unspecified atom stereocenters. The lowest BCUT2D eigenvalue weighted by atomic mass is 10.1. The Morgan fingerprint density at radius 2 is 0.974 bits per heavy atom. The van der Waals surface area contributed by atoms with Gasteiger partial charge in [0, 0.05) is 22.3 Å². The van der Waals surface area contributed by atoms with Crippen LogP contribution in [0.5, 0.6) is 0 Å². The summed E-state index contributed by atoms with van der Waals surface area (Å²) < 4.78 is 11.9. The van der Waals surface area contributed by atoms with Crippen LogP contribution < -0.4 is 11.5 Å². The van der Waals surface area contributed by atoms with Gasteiger partial charge in [-0.3, -0.25) is 0 Å². The largest absolute Gasteiger partial charge is 0.456 e. The molecule has 0 fully saturated rings. The van der Waals surface area contributed by atoms with Gasteiger partial charge in [0.2, 0.25) is 7.59 Å². The van der Waals surface area contributed by atoms with E-state index >= 15 is 0 Å². The molecule has 3 rings (SSSR count). The van der Waals surface area contributed by atoms with Gasteiger partial charge in [0.25, 0.3) is 0 Å². The highest BCUT2D eigenvalue weighted by atomic mass is 35.6. The Kier molecular flexibility index (Phi) is 10.4. The van der Waals surface area contributed by atoms with Crippen molar-refractivity contribution in [3.05, 3.63) is 71.8 Å². The number of carbonyl (C=O) groups is 2. The minimum absolute atomic E-state index is 0.0718. The number of benzene rings is 2. The van der Waals surface area contributed by atoms with E-state index in [9.17, 15) is 9.59 Å². The van der Waals surface area contributed by atoms with Crippen molar-refractivity contribution in [2.24, 2.45) is 21.5 Å². The van der Waals surface area contributed by atoms with Crippen LogP contribution in [-0.4, -0.2) is 44.7 Å². The lowest BCUT2D eigenvalue weighted by Crippen LogP contribution is -2.19. The second kappa shape index (κ2) is 13.1. The van der Waals surface area contributed by atoms with Gasteiger partial charge in [-0.2, -0.15) is 9.98 Å². The van der Waals surface area contributed by atoms with Gasteiger partial charge < -0.3 is 25.4 Å². The van der Waals surface area contributed by atoms with Gasteiger partial charge in [0.15, 0.2) is 0 Å². The predicted molar refractivity (Wildman–Crippen MR) is 154 cm³/mol. The summed E-state index contributed by atoms with van der Waals surface area (Å²) in [4.78, 5) is 30.7. The van der Waals surface area contributed by atoms with E-state index in [0.717, 1.165) is 11.1 Å². The average Bonchev–Trinajstić information content (AvgIpc) is 3.36. The predicted octanol–water partition coefficient (Wildman–Crippen LogP) is 7.04. The molecule has 4 N–H and O–H groups in total. The van der Waals surface area contributed by atoms with Crippen molar-refractivity contribution in [3.63, 3.8) is 0 Å². The highest BCUT2D eigenvalue weighted by molar-refractivity contribution is 6.68. The van der Waals surface area contributed by atoms with Gasteiger partial charge in [-0.25, -0.2) is 9.59 Å². The van der Waals surface area contributed by atoms with Gasteiger partial charge in [-0.05, 0) is 12.1 Å². The quantitative estimate of drug-likeness (QED) is 0.165. The van der Waals surface area contributed by atoms with Gasteiger partial charge in [-0.1, -0.05) is 118 Å². The number of alkyl halides is 6. The lowest BCUT2D eigenvalue weighted by molar-refractivity contribution is 0.158. The second-order valence-electron chi connectivity index (χ2n) is 7.65. The first kappa shape index (κ1) is 30.9. The molecule has 39 heavy (non-hydrogen) atoms. The smallest absolute Gasteiger partial charge is 0.435 e. The Hall–Kier alpha value is -2.66. The number of aliphatic imine (C=N–C) groups is 2. The maximum Gasteiger partial charge on any atom is 0.435 e. The number of furan rings is 1. The first-order chi connectivity index (χ1) is 18.2. The van der Waals surface area contributed by atoms with Crippen LogP contribution in [0, 0.1) is 0 Å². The number of nitrogens with zero attached hydrogens (tertiary/aromatic N) is 2. The molecule has 2 aromatic carbocycles. The number of rotatable bonds is 6. The van der Waals surface area contributed by atoms with Gasteiger partial charge in [0.1, 0.15) is 36.4 Å². The van der Waals surface area contributed by atoms with Gasteiger partial charge >= 0.3 is 12.2 Å². The highest BCUT2D eigenvalue weighted by Crippen LogP contribution is 2.29. The number of amides is 2. The van der Waals surface area contributed by atoms with Crippen LogP contribution in [0.4, 0.5) is 9.59 Å². The molecule has 1 aromatic heterocycles. The van der Waals surface area contributed by atoms with Crippen LogP contribution in [0.15, 0.2) is 75.1 Å². The van der Waals surface area contributed by atoms with Crippen molar-refractivity contribution < 1.29 is 23.5 Å². The fraction of sp³-hybridized carbons (Fsp3) is 0.167. The molecule has 0 atom stereocenters. The minimum atomic E-state index is -1.75. The molecule has 0 aliphatic carbocycles. The number of ether oxygens (including phenoxy) is 2. The lowest BCUT2D eigenvalue weighted by Gasteiger charge is -2.09. The summed E-state index contributed by atoms with van der Waals surface area (Å²) in [6, 6.07) is 17.2. The van der Waals surface area contributed by atoms with E-state index in [-0.39, 0.29) is 11.7 Å². The Labute approximate surface area is 252 Å². The van der Waals surface area contributed by atoms with Crippen LogP contribution in [0.1, 0.15) is 11.1 Å². The third-order valence-corrected chi connectivity index (χ3v) is 5.33. The summed E-state index contributed by atoms with van der Waals surface area (Å²) in [6.45, 7) is -0.935. The van der Waals surface area contributed by atoms with E-state index in [1.54, 1.807) is 60.7 Å². The summed E-state index contributed by atoms with van der Waals surface area (Å²) in [5.41, 5.74) is 14.2. The van der Waals surface area contributed by atoms with Crippen molar-refractivity contribution in [3.8, 4) is 22.6 Å². The summed E-state index contributed by atoms with van der Waals surface area (Å²) in [6.07, 6.45) is -1.98. The van der Waals surface area contributed by atoms with E-state index in [2.05, 4.69) is 9.98 Å². The highest BCUT2D eigenvalue weighted by Gasteiger charge is 2.23. The Balaban J connectivity index is 1.65. The summed E-state index contributed by atoms with van der Waals surface area (Å²) in [7, 11) is 0. The van der Waals surface area contributed by atoms with Crippen molar-refractivity contribution in [1.82, 2.24) is 0 Å². The Morgan fingerprint density at radius 1 is 0.641 bits per heavy atom. The SMILES string of the molecule is NC(=NC(=O)OCC(Cl)(Cl)Cl)c1ccc(-c2ccc(-c3ccc(C(N)=NC(=O)OCC(Cl)(Cl)Cl)cc3)o2)cc1. The van der Waals surface area contributed by atoms with E-state index < -0.39 is 33.0 Å². The van der Waals surface area contributed by atoms with Crippen molar-refractivity contribution in [1.29, 1.82) is 0 Å². The molecule has 0 bridgehead atoms. The number of hydrogen-bond donors (Lipinski definition) is 2. The first-order valence-electron chi connectivity index (χ1n) is 10.7. The molecular weight excluding hydrogens is 637 g/mol. The monoisotopic (exact) mass is 652 g/mol.